The largest absolute Gasteiger partial charge is 0.468 e. The van der Waals surface area contributed by atoms with E-state index in [0.29, 0.717) is 55.1 Å². The normalized spacial score (nSPS) is 23.8. The van der Waals surface area contributed by atoms with Crippen LogP contribution in [-0.4, -0.2) is 66.7 Å². The third-order valence-corrected chi connectivity index (χ3v) is 14.8. The van der Waals surface area contributed by atoms with Crippen LogP contribution in [-0.2, 0) is 28.7 Å². The van der Waals surface area contributed by atoms with Crippen LogP contribution in [0, 0.1) is 23.7 Å². The number of esters is 1. The molecule has 2 aromatic heterocycles. The average Bonchev–Trinajstić information content (AvgIpc) is 4.24. The maximum Gasteiger partial charge on any atom is 0.328 e. The molecule has 0 radical (unpaired) electrons. The molecule has 4 fully saturated rings. The summed E-state index contributed by atoms with van der Waals surface area (Å²) in [7, 11) is 1.20. The molecule has 4 aliphatic heterocycles. The molecule has 7 atom stereocenters. The number of ether oxygens (including phenoxy) is 1. The molecule has 4 unspecified atom stereocenters. The number of carbonyl (C=O) groups is 5. The van der Waals surface area contributed by atoms with Crippen molar-refractivity contribution < 1.29 is 28.7 Å². The van der Waals surface area contributed by atoms with Crippen molar-refractivity contribution >= 4 is 64.2 Å². The molecule has 4 saturated heterocycles. The highest BCUT2D eigenvalue weighted by atomic mass is 35.5. The maximum atomic E-state index is 15.9. The molecule has 4 aliphatic rings. The summed E-state index contributed by atoms with van der Waals surface area (Å²) >= 11 is 12.7. The number of carbonyl (C=O) groups excluding carboxylic acids is 5. The molecule has 344 valence electrons. The van der Waals surface area contributed by atoms with Crippen LogP contribution in [0.25, 0.3) is 33.9 Å². The van der Waals surface area contributed by atoms with Gasteiger partial charge < -0.3 is 4.74 Å². The SMILES string of the molecule is COC(=O)C12C3C(=O)N(c4ccc(Cl)cc4)C(=O)C3C(c3cn(-c4ccccc4)nc3-c3ccccc3)N1[C@H](c1cn(-c3ccccc3)nc1-c1ccccc1)[C@@H]1C(=O)N(c3ccc(Cl)cc3)C(=O)[C@@H]12. The van der Waals surface area contributed by atoms with Gasteiger partial charge in [-0.25, -0.2) is 24.0 Å². The van der Waals surface area contributed by atoms with Gasteiger partial charge in [-0.2, -0.15) is 10.2 Å². The number of para-hydroxylation sites is 2. The molecule has 8 aromatic rings. The minimum absolute atomic E-state index is 0.223. The molecule has 0 spiro atoms. The highest BCUT2D eigenvalue weighted by Gasteiger charge is 2.84. The highest BCUT2D eigenvalue weighted by molar-refractivity contribution is 6.32. The standard InChI is InChI=1S/C55H39Cl2N7O6/c1-70-54(69)55-44-42(50(65)62(52(44)67)38-26-22-34(56)23-27-38)48(40-30-60(36-18-10-4-11-19-36)58-46(40)32-14-6-2-7-15-32)64(55)49(43-45(55)53(68)63(51(43)66)39-28-24-35(57)25-29-39)41-31-61(37-20-12-5-13-21-37)59-47(41)33-16-8-3-9-17-33/h2-31,42-45,48-49H,1H3/t42-,43?,44-,45?,48-,49?,55?/m1/s1. The third-order valence-electron chi connectivity index (χ3n) is 14.3. The molecule has 13 nitrogen and oxygen atoms in total. The Bertz CT molecular complexity index is 3170. The van der Waals surface area contributed by atoms with E-state index in [1.807, 2.05) is 134 Å². The Balaban J connectivity index is 1.20. The number of rotatable bonds is 9. The summed E-state index contributed by atoms with van der Waals surface area (Å²) in [5.41, 5.74) is 2.80. The van der Waals surface area contributed by atoms with E-state index in [9.17, 15) is 0 Å². The van der Waals surface area contributed by atoms with Crippen molar-refractivity contribution in [3.8, 4) is 33.9 Å². The molecule has 12 rings (SSSR count). The summed E-state index contributed by atoms with van der Waals surface area (Å²) in [5.74, 6) is -9.46. The zero-order valence-electron chi connectivity index (χ0n) is 37.1. The van der Waals surface area contributed by atoms with Gasteiger partial charge in [-0.3, -0.25) is 24.1 Å². The summed E-state index contributed by atoms with van der Waals surface area (Å²) in [6.07, 6.45) is 3.63. The van der Waals surface area contributed by atoms with Crippen molar-refractivity contribution in [1.82, 2.24) is 24.5 Å². The van der Waals surface area contributed by atoms with Crippen molar-refractivity contribution in [3.05, 3.63) is 203 Å². The van der Waals surface area contributed by atoms with Crippen LogP contribution in [0.1, 0.15) is 23.2 Å². The molecular weight excluding hydrogens is 926 g/mol. The summed E-state index contributed by atoms with van der Waals surface area (Å²) in [4.78, 5) is 83.1. The van der Waals surface area contributed by atoms with Crippen LogP contribution in [0.5, 0.6) is 0 Å². The van der Waals surface area contributed by atoms with Crippen molar-refractivity contribution in [1.29, 1.82) is 0 Å². The Morgan fingerprint density at radius 2 is 0.843 bits per heavy atom. The van der Waals surface area contributed by atoms with Gasteiger partial charge in [0.25, 0.3) is 0 Å². The average molecular weight is 965 g/mol. The summed E-state index contributed by atoms with van der Waals surface area (Å²) in [5, 5.41) is 11.1. The van der Waals surface area contributed by atoms with Crippen LogP contribution >= 0.6 is 23.2 Å². The lowest BCUT2D eigenvalue weighted by atomic mass is 9.69. The minimum atomic E-state index is -2.28. The predicted molar refractivity (Wildman–Crippen MR) is 262 cm³/mol. The summed E-state index contributed by atoms with van der Waals surface area (Å²) in [6, 6.07) is 47.9. The van der Waals surface area contributed by atoms with Gasteiger partial charge in [0, 0.05) is 44.7 Å². The number of amides is 4. The van der Waals surface area contributed by atoms with E-state index in [1.54, 1.807) is 62.8 Å². The van der Waals surface area contributed by atoms with Gasteiger partial charge in [0.05, 0.1) is 77.0 Å². The molecular formula is C55H39Cl2N7O6. The number of fused-ring (bicyclic) bond motifs is 5. The lowest BCUT2D eigenvalue weighted by molar-refractivity contribution is -0.162. The van der Waals surface area contributed by atoms with Gasteiger partial charge in [0.15, 0.2) is 0 Å². The van der Waals surface area contributed by atoms with Gasteiger partial charge >= 0.3 is 5.97 Å². The van der Waals surface area contributed by atoms with Gasteiger partial charge in [0.2, 0.25) is 23.6 Å². The Morgan fingerprint density at radius 3 is 1.20 bits per heavy atom. The molecule has 0 aliphatic carbocycles. The number of benzene rings is 6. The van der Waals surface area contributed by atoms with Gasteiger partial charge in [-0.1, -0.05) is 120 Å². The molecule has 6 heterocycles. The van der Waals surface area contributed by atoms with Gasteiger partial charge in [-0.05, 0) is 72.8 Å². The van der Waals surface area contributed by atoms with E-state index >= 15 is 24.0 Å². The first-order chi connectivity index (χ1) is 34.1. The first-order valence-corrected chi connectivity index (χ1v) is 23.4. The fourth-order valence-electron chi connectivity index (χ4n) is 11.6. The molecule has 0 bridgehead atoms. The van der Waals surface area contributed by atoms with Crippen molar-refractivity contribution in [2.24, 2.45) is 23.7 Å². The number of hydrogen-bond acceptors (Lipinski definition) is 9. The van der Waals surface area contributed by atoms with Gasteiger partial charge in [0.1, 0.15) is 5.54 Å². The van der Waals surface area contributed by atoms with Crippen LogP contribution < -0.4 is 9.80 Å². The molecule has 15 heteroatoms. The molecule has 70 heavy (non-hydrogen) atoms. The Hall–Kier alpha value is -7.97. The first kappa shape index (κ1) is 43.3. The number of anilines is 2. The van der Waals surface area contributed by atoms with E-state index in [1.165, 1.54) is 7.11 Å². The predicted octanol–water partition coefficient (Wildman–Crippen LogP) is 9.33. The van der Waals surface area contributed by atoms with E-state index in [4.69, 9.17) is 38.1 Å². The third kappa shape index (κ3) is 6.31. The minimum Gasteiger partial charge on any atom is -0.468 e. The van der Waals surface area contributed by atoms with Crippen LogP contribution in [0.2, 0.25) is 10.0 Å². The summed E-state index contributed by atoms with van der Waals surface area (Å²) < 4.78 is 9.27. The fraction of sp³-hybridized carbons (Fsp3) is 0.145. The van der Waals surface area contributed by atoms with E-state index in [2.05, 4.69) is 0 Å². The Morgan fingerprint density at radius 1 is 0.486 bits per heavy atom. The monoisotopic (exact) mass is 963 g/mol. The van der Waals surface area contributed by atoms with Gasteiger partial charge in [-0.15, -0.1) is 0 Å². The Labute approximate surface area is 411 Å². The number of methoxy groups -OCH3 is 1. The van der Waals surface area contributed by atoms with Crippen molar-refractivity contribution in [2.75, 3.05) is 16.9 Å². The summed E-state index contributed by atoms with van der Waals surface area (Å²) in [6.45, 7) is 0. The second kappa shape index (κ2) is 16.6. The van der Waals surface area contributed by atoms with E-state index < -0.39 is 70.9 Å². The smallest absolute Gasteiger partial charge is 0.328 e. The topological polar surface area (TPSA) is 140 Å². The Kier molecular flexibility index (Phi) is 10.3. The molecule has 6 aromatic carbocycles. The lowest BCUT2D eigenvalue weighted by Crippen LogP contribution is -2.61. The highest BCUT2D eigenvalue weighted by Crippen LogP contribution is 2.70. The second-order valence-electron chi connectivity index (χ2n) is 17.8. The quantitative estimate of drug-likeness (QED) is 0.102. The number of halogens is 2. The second-order valence-corrected chi connectivity index (χ2v) is 18.6. The number of imide groups is 2. The van der Waals surface area contributed by atoms with E-state index in [0.717, 1.165) is 9.80 Å². The molecule has 0 saturated carbocycles. The zero-order chi connectivity index (χ0) is 48.0. The molecule has 4 amide bonds. The maximum absolute atomic E-state index is 15.9. The first-order valence-electron chi connectivity index (χ1n) is 22.7. The number of aromatic nitrogens is 4. The fourth-order valence-corrected chi connectivity index (χ4v) is 11.9. The van der Waals surface area contributed by atoms with Crippen LogP contribution in [0.3, 0.4) is 0 Å². The lowest BCUT2D eigenvalue weighted by Gasteiger charge is -2.41. The van der Waals surface area contributed by atoms with Crippen molar-refractivity contribution in [2.45, 2.75) is 17.6 Å². The van der Waals surface area contributed by atoms with E-state index in [-0.39, 0.29) is 11.4 Å². The molecule has 0 N–H and O–H groups in total. The zero-order valence-corrected chi connectivity index (χ0v) is 38.6. The number of hydrogen-bond donors (Lipinski definition) is 0. The van der Waals surface area contributed by atoms with Crippen LogP contribution in [0.4, 0.5) is 11.4 Å². The van der Waals surface area contributed by atoms with Crippen LogP contribution in [0.15, 0.2) is 182 Å². The van der Waals surface area contributed by atoms with Crippen molar-refractivity contribution in [3.63, 3.8) is 0 Å². The number of nitrogens with zero attached hydrogens (tertiary/aromatic N) is 7.